The second-order valence-electron chi connectivity index (χ2n) is 6.84. The topological polar surface area (TPSA) is 182 Å². The molecule has 0 spiro atoms. The van der Waals surface area contributed by atoms with Crippen LogP contribution < -0.4 is 22.7 Å². The van der Waals surface area contributed by atoms with Crippen LogP contribution in [0.1, 0.15) is 43.7 Å². The summed E-state index contributed by atoms with van der Waals surface area (Å²) in [5, 5.41) is 14.1. The summed E-state index contributed by atoms with van der Waals surface area (Å²) in [5.74, 6) is -1.02. The predicted molar refractivity (Wildman–Crippen MR) is 122 cm³/mol. The van der Waals surface area contributed by atoms with E-state index in [0.29, 0.717) is 6.42 Å². The number of quaternary nitrogens is 2. The summed E-state index contributed by atoms with van der Waals surface area (Å²) in [4.78, 5) is 10.9. The molecule has 1 atom stereocenters. The number of carbonyl (C=O) groups excluding carboxylic acids is 1. The van der Waals surface area contributed by atoms with Gasteiger partial charge < -0.3 is 32.1 Å². The number of aliphatic carboxylic acids is 1. The van der Waals surface area contributed by atoms with Crippen LogP contribution in [-0.2, 0) is 21.3 Å². The van der Waals surface area contributed by atoms with E-state index in [4.69, 9.17) is 0 Å². The molecule has 2 aromatic rings. The first-order valence-corrected chi connectivity index (χ1v) is 11.2. The highest BCUT2D eigenvalue weighted by Crippen LogP contribution is 2.08. The van der Waals surface area contributed by atoms with Crippen LogP contribution in [-0.4, -0.2) is 31.5 Å². The van der Waals surface area contributed by atoms with E-state index in [1.807, 2.05) is 37.3 Å². The number of hydrogen-bond donors (Lipinski definition) is 3. The molecule has 0 saturated heterocycles. The van der Waals surface area contributed by atoms with Crippen molar-refractivity contribution < 1.29 is 22.9 Å². The van der Waals surface area contributed by atoms with Crippen LogP contribution in [0.5, 0.6) is 0 Å². The molecule has 0 heterocycles. The Morgan fingerprint density at radius 3 is 2.03 bits per heavy atom. The first-order valence-electron chi connectivity index (χ1n) is 9.74. The summed E-state index contributed by atoms with van der Waals surface area (Å²) in [6.07, 6.45) is 5.04. The van der Waals surface area contributed by atoms with Crippen molar-refractivity contribution in [3.8, 4) is 0 Å². The van der Waals surface area contributed by atoms with Gasteiger partial charge in [0.25, 0.3) is 0 Å². The van der Waals surface area contributed by atoms with Gasteiger partial charge in [-0.2, -0.15) is 0 Å². The Balaban J connectivity index is 0. The fourth-order valence-corrected chi connectivity index (χ4v) is 3.09. The van der Waals surface area contributed by atoms with Gasteiger partial charge in [0.1, 0.15) is 10.1 Å². The molecule has 0 radical (unpaired) electrons. The quantitative estimate of drug-likeness (QED) is 0.365. The molecule has 0 unspecified atom stereocenters. The molecule has 31 heavy (non-hydrogen) atoms. The van der Waals surface area contributed by atoms with Gasteiger partial charge in [-0.25, -0.2) is 8.42 Å². The van der Waals surface area contributed by atoms with Crippen LogP contribution >= 0.6 is 0 Å². The maximum atomic E-state index is 11.1. The molecule has 9 N–H and O–H groups in total. The summed E-state index contributed by atoms with van der Waals surface area (Å²) in [7, 11) is -4.27. The number of rotatable bonds is 10. The van der Waals surface area contributed by atoms with Gasteiger partial charge in [0.15, 0.2) is 0 Å². The Morgan fingerprint density at radius 1 is 0.968 bits per heavy atom. The van der Waals surface area contributed by atoms with Crippen molar-refractivity contribution in [3.63, 3.8) is 0 Å². The summed E-state index contributed by atoms with van der Waals surface area (Å²) in [5.41, 5.74) is 1.95. The highest BCUT2D eigenvalue weighted by atomic mass is 32.2. The molecular formula is C22H37N3O5S. The number of carboxylic acids is 1. The maximum absolute atomic E-state index is 11.1. The van der Waals surface area contributed by atoms with E-state index in [1.54, 1.807) is 12.1 Å². The zero-order valence-electron chi connectivity index (χ0n) is 19.0. The molecule has 0 aliphatic heterocycles. The lowest BCUT2D eigenvalue weighted by Crippen LogP contribution is -2.47. The minimum absolute atomic E-state index is 0. The van der Waals surface area contributed by atoms with Crippen LogP contribution in [0.3, 0.4) is 0 Å². The third-order valence-corrected chi connectivity index (χ3v) is 5.15. The second kappa shape index (κ2) is 16.4. The minimum Gasteiger partial charge on any atom is -0.744 e. The summed E-state index contributed by atoms with van der Waals surface area (Å²) in [6.45, 7) is 4.72. The monoisotopic (exact) mass is 455 g/mol. The molecule has 2 rings (SSSR count). The minimum atomic E-state index is -4.27. The Hall–Kier alpha value is -2.30. The summed E-state index contributed by atoms with van der Waals surface area (Å²) < 4.78 is 31.2. The normalized spacial score (nSPS) is 11.2. The number of aryl methyl sites for hydroxylation is 1. The molecule has 0 aromatic heterocycles. The lowest BCUT2D eigenvalue weighted by Gasteiger charge is -2.19. The van der Waals surface area contributed by atoms with E-state index < -0.39 is 22.1 Å². The molecule has 9 heteroatoms. The fourth-order valence-electron chi connectivity index (χ4n) is 2.62. The molecule has 2 aromatic carbocycles. The Bertz CT molecular complexity index is 828. The molecule has 0 amide bonds. The molecule has 0 aliphatic carbocycles. The Morgan fingerprint density at radius 2 is 1.55 bits per heavy atom. The highest BCUT2D eigenvalue weighted by Gasteiger charge is 2.09. The van der Waals surface area contributed by atoms with Crippen molar-refractivity contribution in [1.82, 2.24) is 17.6 Å². The third kappa shape index (κ3) is 13.6. The molecule has 0 aliphatic rings. The van der Waals surface area contributed by atoms with Gasteiger partial charge in [0, 0.05) is 0 Å². The van der Waals surface area contributed by atoms with Gasteiger partial charge in [0.2, 0.25) is 0 Å². The Kier molecular flexibility index (Phi) is 16.3. The fraction of sp³-hybridized carbons (Fsp3) is 0.409. The third-order valence-electron chi connectivity index (χ3n) is 4.30. The van der Waals surface area contributed by atoms with E-state index >= 15 is 0 Å². The van der Waals surface area contributed by atoms with E-state index in [0.717, 1.165) is 30.5 Å². The van der Waals surface area contributed by atoms with Gasteiger partial charge in [-0.1, -0.05) is 74.2 Å². The summed E-state index contributed by atoms with van der Waals surface area (Å²) >= 11 is 0. The van der Waals surface area contributed by atoms with Crippen molar-refractivity contribution >= 4 is 16.1 Å². The largest absolute Gasteiger partial charge is 0.744 e. The van der Waals surface area contributed by atoms with Gasteiger partial charge in [-0.05, 0) is 44.0 Å². The standard InChI is InChI=1S/C15H23NO2.C7H8O3S.2H3N/c1-2-3-4-8-11-16-14(15(17)18)12-13-9-6-5-7-10-13;1-6-2-4-7(5-3-6)11(8,9)10;;/h5-7,9-10,14,16H,2-4,8,11-12H2,1H3,(H,17,18);2-5H,1H3,(H,8,9,10);2*1H3/t14-;;;/m0.../s1. The zero-order chi connectivity index (χ0) is 21.7. The van der Waals surface area contributed by atoms with Crippen molar-refractivity contribution in [2.45, 2.75) is 56.9 Å². The lowest BCUT2D eigenvalue weighted by atomic mass is 10.1. The second-order valence-corrected chi connectivity index (χ2v) is 8.22. The maximum Gasteiger partial charge on any atom is 0.124 e. The summed E-state index contributed by atoms with van der Waals surface area (Å²) in [6, 6.07) is 14.8. The zero-order valence-corrected chi connectivity index (χ0v) is 19.8. The van der Waals surface area contributed by atoms with Gasteiger partial charge in [0.05, 0.1) is 16.9 Å². The molecular weight excluding hydrogens is 418 g/mol. The lowest BCUT2D eigenvalue weighted by molar-refractivity contribution is -0.308. The van der Waals surface area contributed by atoms with Crippen molar-refractivity contribution in [1.29, 1.82) is 0 Å². The van der Waals surface area contributed by atoms with E-state index in [-0.39, 0.29) is 17.2 Å². The van der Waals surface area contributed by atoms with Gasteiger partial charge >= 0.3 is 0 Å². The smallest absolute Gasteiger partial charge is 0.124 e. The molecule has 0 saturated carbocycles. The number of benzene rings is 2. The van der Waals surface area contributed by atoms with Gasteiger partial charge in [-0.15, -0.1) is 0 Å². The average Bonchev–Trinajstić information content (AvgIpc) is 2.68. The van der Waals surface area contributed by atoms with Crippen molar-refractivity contribution in [2.75, 3.05) is 6.54 Å². The van der Waals surface area contributed by atoms with E-state index in [1.165, 1.54) is 25.0 Å². The number of hydrogen-bond acceptors (Lipinski definition) is 6. The van der Waals surface area contributed by atoms with Crippen LogP contribution in [0, 0.1) is 6.92 Å². The first kappa shape index (κ1) is 30.9. The SMILES string of the molecule is CCCCCCN[C@@H](Cc1ccccc1)C(=O)[O-].Cc1ccc(S(=O)(=O)[O-])cc1.[NH4+].[NH4+]. The van der Waals surface area contributed by atoms with Crippen LogP contribution in [0.4, 0.5) is 0 Å². The van der Waals surface area contributed by atoms with Crippen LogP contribution in [0.25, 0.3) is 0 Å². The average molecular weight is 456 g/mol. The molecule has 176 valence electrons. The molecule has 0 fully saturated rings. The van der Waals surface area contributed by atoms with E-state index in [2.05, 4.69) is 12.2 Å². The van der Waals surface area contributed by atoms with E-state index in [9.17, 15) is 22.9 Å². The van der Waals surface area contributed by atoms with Crippen LogP contribution in [0.15, 0.2) is 59.5 Å². The Labute approximate surface area is 186 Å². The van der Waals surface area contributed by atoms with Crippen LogP contribution in [0.2, 0.25) is 0 Å². The first-order chi connectivity index (χ1) is 13.7. The highest BCUT2D eigenvalue weighted by molar-refractivity contribution is 7.85. The number of nitrogens with one attached hydrogen (secondary N) is 1. The van der Waals surface area contributed by atoms with Crippen molar-refractivity contribution in [3.05, 3.63) is 65.7 Å². The number of carboxylic acid groups (broad SMARTS) is 1. The molecule has 0 bridgehead atoms. The number of carbonyl (C=O) groups is 1. The predicted octanol–water partition coefficient (Wildman–Crippen LogP) is 3.17. The van der Waals surface area contributed by atoms with Crippen molar-refractivity contribution in [2.24, 2.45) is 0 Å². The number of unbranched alkanes of at least 4 members (excludes halogenated alkanes) is 3. The molecule has 8 nitrogen and oxygen atoms in total. The van der Waals surface area contributed by atoms with Gasteiger partial charge in [-0.3, -0.25) is 0 Å².